The quantitative estimate of drug-likeness (QED) is 0.436. The SMILES string of the molecule is COC(=O)/C(Cl)=C/C(=O)O.OCCO. The molecule has 0 aliphatic carbocycles. The van der Waals surface area contributed by atoms with E-state index in [0.29, 0.717) is 6.08 Å². The zero-order valence-electron chi connectivity index (χ0n) is 7.44. The Kier molecular flexibility index (Phi) is 10.9. The van der Waals surface area contributed by atoms with E-state index in [2.05, 4.69) is 4.74 Å². The van der Waals surface area contributed by atoms with Crippen LogP contribution in [0.3, 0.4) is 0 Å². The van der Waals surface area contributed by atoms with Gasteiger partial charge in [0.2, 0.25) is 0 Å². The van der Waals surface area contributed by atoms with Crippen molar-refractivity contribution >= 4 is 23.5 Å². The van der Waals surface area contributed by atoms with Crippen molar-refractivity contribution in [3.8, 4) is 0 Å². The second kappa shape index (κ2) is 9.97. The predicted molar refractivity (Wildman–Crippen MR) is 47.8 cm³/mol. The van der Waals surface area contributed by atoms with E-state index in [1.54, 1.807) is 0 Å². The monoisotopic (exact) mass is 226 g/mol. The Labute approximate surface area is 85.4 Å². The van der Waals surface area contributed by atoms with Crippen LogP contribution in [0.25, 0.3) is 0 Å². The van der Waals surface area contributed by atoms with Gasteiger partial charge in [-0.3, -0.25) is 0 Å². The number of carboxylic acids is 1. The third-order valence-corrected chi connectivity index (χ3v) is 0.994. The van der Waals surface area contributed by atoms with Crippen LogP contribution in [0.15, 0.2) is 11.1 Å². The number of carbonyl (C=O) groups excluding carboxylic acids is 1. The molecule has 0 spiro atoms. The minimum Gasteiger partial charge on any atom is -0.478 e. The lowest BCUT2D eigenvalue weighted by Gasteiger charge is -1.92. The molecular weight excluding hydrogens is 216 g/mol. The molecule has 6 nitrogen and oxygen atoms in total. The summed E-state index contributed by atoms with van der Waals surface area (Å²) in [5.74, 6) is -2.14. The zero-order chi connectivity index (χ0) is 11.6. The van der Waals surface area contributed by atoms with Crippen molar-refractivity contribution in [3.63, 3.8) is 0 Å². The molecule has 0 aromatic carbocycles. The number of rotatable bonds is 3. The topological polar surface area (TPSA) is 104 Å². The van der Waals surface area contributed by atoms with Gasteiger partial charge in [0.1, 0.15) is 5.03 Å². The summed E-state index contributed by atoms with van der Waals surface area (Å²) in [6.45, 7) is -0.250. The van der Waals surface area contributed by atoms with Gasteiger partial charge >= 0.3 is 11.9 Å². The van der Waals surface area contributed by atoms with Crippen LogP contribution in [0.5, 0.6) is 0 Å². The summed E-state index contributed by atoms with van der Waals surface area (Å²) >= 11 is 5.13. The van der Waals surface area contributed by atoms with E-state index in [1.165, 1.54) is 0 Å². The minimum atomic E-state index is -1.28. The van der Waals surface area contributed by atoms with Crippen LogP contribution in [0.4, 0.5) is 0 Å². The van der Waals surface area contributed by atoms with Gasteiger partial charge in [-0.15, -0.1) is 0 Å². The number of hydrogen-bond donors (Lipinski definition) is 3. The lowest BCUT2D eigenvalue weighted by molar-refractivity contribution is -0.136. The van der Waals surface area contributed by atoms with Gasteiger partial charge in [0.25, 0.3) is 0 Å². The molecule has 0 aliphatic rings. The van der Waals surface area contributed by atoms with Crippen molar-refractivity contribution in [3.05, 3.63) is 11.1 Å². The predicted octanol–water partition coefficient (Wildman–Crippen LogP) is -0.662. The first-order chi connectivity index (χ1) is 6.49. The van der Waals surface area contributed by atoms with Gasteiger partial charge < -0.3 is 20.1 Å². The first-order valence-corrected chi connectivity index (χ1v) is 3.77. The number of aliphatic hydroxyl groups excluding tert-OH is 2. The molecule has 0 bridgehead atoms. The summed E-state index contributed by atoms with van der Waals surface area (Å²) in [5, 5.41) is 22.9. The lowest BCUT2D eigenvalue weighted by atomic mass is 10.5. The number of halogens is 1. The molecule has 0 fully saturated rings. The zero-order valence-corrected chi connectivity index (χ0v) is 8.19. The maximum atomic E-state index is 10.4. The van der Waals surface area contributed by atoms with Gasteiger partial charge in [-0.2, -0.15) is 0 Å². The number of hydrogen-bond acceptors (Lipinski definition) is 5. The average Bonchev–Trinajstić information content (AvgIpc) is 2.16. The van der Waals surface area contributed by atoms with Crippen LogP contribution >= 0.6 is 11.6 Å². The maximum absolute atomic E-state index is 10.4. The van der Waals surface area contributed by atoms with Crippen molar-refractivity contribution in [1.29, 1.82) is 0 Å². The standard InChI is InChI=1S/C5H5ClO4.C2H6O2/c1-10-5(9)3(6)2-4(7)8;3-1-2-4/h2H,1H3,(H,7,8);3-4H,1-2H2/b3-2-;. The summed E-state index contributed by atoms with van der Waals surface area (Å²) in [6, 6.07) is 0. The number of esters is 1. The molecule has 0 rings (SSSR count). The minimum absolute atomic E-state index is 0.125. The molecule has 0 amide bonds. The molecule has 0 saturated carbocycles. The Balaban J connectivity index is 0. The van der Waals surface area contributed by atoms with Gasteiger partial charge in [0.05, 0.1) is 20.3 Å². The fourth-order valence-corrected chi connectivity index (χ4v) is 0.435. The molecule has 0 saturated heterocycles. The lowest BCUT2D eigenvalue weighted by Crippen LogP contribution is -2.02. The third-order valence-electron chi connectivity index (χ3n) is 0.731. The van der Waals surface area contributed by atoms with Gasteiger partial charge in [0, 0.05) is 6.08 Å². The summed E-state index contributed by atoms with van der Waals surface area (Å²) < 4.78 is 4.11. The van der Waals surface area contributed by atoms with Crippen LogP contribution in [0.2, 0.25) is 0 Å². The Hall–Kier alpha value is -1.11. The highest BCUT2D eigenvalue weighted by atomic mass is 35.5. The highest BCUT2D eigenvalue weighted by molar-refractivity contribution is 6.42. The van der Waals surface area contributed by atoms with E-state index in [0.717, 1.165) is 7.11 Å². The average molecular weight is 227 g/mol. The Bertz CT molecular complexity index is 210. The molecule has 0 atom stereocenters. The number of ether oxygens (including phenoxy) is 1. The molecular formula is C7H11ClO6. The smallest absolute Gasteiger partial charge is 0.349 e. The van der Waals surface area contributed by atoms with Crippen molar-refractivity contribution in [2.45, 2.75) is 0 Å². The number of carboxylic acid groups (broad SMARTS) is 1. The Morgan fingerprint density at radius 1 is 1.36 bits per heavy atom. The molecule has 0 aromatic heterocycles. The van der Waals surface area contributed by atoms with Crippen LogP contribution < -0.4 is 0 Å². The number of aliphatic carboxylic acids is 1. The molecule has 0 heterocycles. The largest absolute Gasteiger partial charge is 0.478 e. The fourth-order valence-electron chi connectivity index (χ4n) is 0.265. The fraction of sp³-hybridized carbons (Fsp3) is 0.429. The Morgan fingerprint density at radius 2 is 1.79 bits per heavy atom. The van der Waals surface area contributed by atoms with Crippen molar-refractivity contribution < 1.29 is 29.6 Å². The van der Waals surface area contributed by atoms with Crippen LogP contribution in [-0.4, -0.2) is 47.6 Å². The third kappa shape index (κ3) is 10.9. The first-order valence-electron chi connectivity index (χ1n) is 3.39. The van der Waals surface area contributed by atoms with Crippen LogP contribution in [0.1, 0.15) is 0 Å². The summed E-state index contributed by atoms with van der Waals surface area (Å²) in [5.41, 5.74) is 0. The van der Waals surface area contributed by atoms with E-state index >= 15 is 0 Å². The van der Waals surface area contributed by atoms with Crippen LogP contribution in [-0.2, 0) is 14.3 Å². The normalized spacial score (nSPS) is 9.86. The number of carbonyl (C=O) groups is 2. The van der Waals surface area contributed by atoms with E-state index in [-0.39, 0.29) is 13.2 Å². The molecule has 0 aliphatic heterocycles. The van der Waals surface area contributed by atoms with Crippen molar-refractivity contribution in [2.75, 3.05) is 20.3 Å². The van der Waals surface area contributed by atoms with Gasteiger partial charge in [-0.25, -0.2) is 9.59 Å². The second-order valence-electron chi connectivity index (χ2n) is 1.77. The van der Waals surface area contributed by atoms with E-state index in [4.69, 9.17) is 26.9 Å². The van der Waals surface area contributed by atoms with E-state index in [9.17, 15) is 9.59 Å². The van der Waals surface area contributed by atoms with Gasteiger partial charge in [-0.05, 0) is 0 Å². The summed E-state index contributed by atoms with van der Waals surface area (Å²) in [7, 11) is 1.11. The summed E-state index contributed by atoms with van der Waals surface area (Å²) in [6.07, 6.45) is 0.563. The van der Waals surface area contributed by atoms with E-state index < -0.39 is 17.0 Å². The molecule has 0 radical (unpaired) electrons. The highest BCUT2D eigenvalue weighted by Gasteiger charge is 2.06. The van der Waals surface area contributed by atoms with Crippen LogP contribution in [0, 0.1) is 0 Å². The van der Waals surface area contributed by atoms with Gasteiger partial charge in [-0.1, -0.05) is 11.6 Å². The number of methoxy groups -OCH3 is 1. The van der Waals surface area contributed by atoms with Crippen molar-refractivity contribution in [1.82, 2.24) is 0 Å². The molecule has 82 valence electrons. The summed E-state index contributed by atoms with van der Waals surface area (Å²) in [4.78, 5) is 20.2. The van der Waals surface area contributed by atoms with Crippen molar-refractivity contribution in [2.24, 2.45) is 0 Å². The molecule has 7 heteroatoms. The molecule has 14 heavy (non-hydrogen) atoms. The molecule has 3 N–H and O–H groups in total. The first kappa shape index (κ1) is 15.4. The Morgan fingerprint density at radius 3 is 2.00 bits per heavy atom. The highest BCUT2D eigenvalue weighted by Crippen LogP contribution is 2.01. The second-order valence-corrected chi connectivity index (χ2v) is 2.18. The maximum Gasteiger partial charge on any atom is 0.349 e. The van der Waals surface area contributed by atoms with Gasteiger partial charge in [0.15, 0.2) is 0 Å². The molecule has 0 unspecified atom stereocenters. The molecule has 0 aromatic rings. The number of aliphatic hydroxyl groups is 2. The van der Waals surface area contributed by atoms with E-state index in [1.807, 2.05) is 0 Å².